The molecule has 1 amide bonds. The lowest BCUT2D eigenvalue weighted by atomic mass is 10.0. The number of nitrogens with one attached hydrogen (secondary N) is 1. The summed E-state index contributed by atoms with van der Waals surface area (Å²) >= 11 is 0. The second kappa shape index (κ2) is 5.86. The van der Waals surface area contributed by atoms with Gasteiger partial charge in [0, 0.05) is 6.54 Å². The van der Waals surface area contributed by atoms with Gasteiger partial charge in [-0.05, 0) is 25.8 Å². The highest BCUT2D eigenvalue weighted by molar-refractivity contribution is 5.82. The van der Waals surface area contributed by atoms with Gasteiger partial charge in [0.25, 0.3) is 0 Å². The number of carbonyl (C=O) groups excluding carboxylic acids is 1. The predicted octanol–water partition coefficient (Wildman–Crippen LogP) is 0.218. The maximum Gasteiger partial charge on any atom is 0.240 e. The summed E-state index contributed by atoms with van der Waals surface area (Å²) in [7, 11) is 1.83. The first-order chi connectivity index (χ1) is 8.70. The average Bonchev–Trinajstić information content (AvgIpc) is 2.51. The molecule has 6 nitrogen and oxygen atoms in total. The fourth-order valence-corrected chi connectivity index (χ4v) is 2.28. The van der Waals surface area contributed by atoms with Gasteiger partial charge < -0.3 is 10.2 Å². The number of rotatable bonds is 3. The lowest BCUT2D eigenvalue weighted by molar-refractivity contribution is -0.133. The molecule has 1 aromatic rings. The zero-order chi connectivity index (χ0) is 13.0. The van der Waals surface area contributed by atoms with Gasteiger partial charge in [0.1, 0.15) is 12.7 Å². The number of nitrogens with zero attached hydrogens (tertiary/aromatic N) is 4. The number of hydrogen-bond donors (Lipinski definition) is 1. The predicted molar refractivity (Wildman–Crippen MR) is 66.5 cm³/mol. The fraction of sp³-hybridized carbons (Fsp3) is 0.667. The molecule has 1 fully saturated rings. The van der Waals surface area contributed by atoms with Crippen LogP contribution in [0.3, 0.4) is 0 Å². The van der Waals surface area contributed by atoms with E-state index in [0.29, 0.717) is 18.3 Å². The Morgan fingerprint density at radius 1 is 1.39 bits per heavy atom. The maximum absolute atomic E-state index is 12.3. The van der Waals surface area contributed by atoms with Crippen LogP contribution in [0, 0.1) is 5.92 Å². The van der Waals surface area contributed by atoms with Crippen molar-refractivity contribution in [2.45, 2.75) is 32.4 Å². The third-order valence-electron chi connectivity index (χ3n) is 3.32. The van der Waals surface area contributed by atoms with Crippen molar-refractivity contribution < 1.29 is 4.79 Å². The lowest BCUT2D eigenvalue weighted by Gasteiger charge is -2.24. The Hall–Kier alpha value is -1.56. The Balaban J connectivity index is 2.11. The monoisotopic (exact) mass is 249 g/mol. The van der Waals surface area contributed by atoms with E-state index in [2.05, 4.69) is 27.2 Å². The van der Waals surface area contributed by atoms with Crippen LogP contribution in [0.5, 0.6) is 0 Å². The van der Waals surface area contributed by atoms with E-state index in [9.17, 15) is 4.79 Å². The minimum Gasteiger partial charge on any atom is -0.334 e. The summed E-state index contributed by atoms with van der Waals surface area (Å²) in [6.45, 7) is 3.40. The van der Waals surface area contributed by atoms with Crippen molar-refractivity contribution in [3.63, 3.8) is 0 Å². The van der Waals surface area contributed by atoms with Gasteiger partial charge in [0.05, 0.1) is 12.6 Å². The molecule has 6 heteroatoms. The molecule has 1 saturated heterocycles. The quantitative estimate of drug-likeness (QED) is 0.829. The molecule has 0 bridgehead atoms. The SMILES string of the molecule is CNC1CCC(C)CN(Cc2ncncn2)C1=O. The molecule has 0 radical (unpaired) electrons. The van der Waals surface area contributed by atoms with Gasteiger partial charge in [-0.3, -0.25) is 4.79 Å². The van der Waals surface area contributed by atoms with Crippen molar-refractivity contribution in [1.29, 1.82) is 0 Å². The Morgan fingerprint density at radius 2 is 2.11 bits per heavy atom. The molecule has 1 N–H and O–H groups in total. The van der Waals surface area contributed by atoms with Crippen LogP contribution in [-0.2, 0) is 11.3 Å². The third kappa shape index (κ3) is 3.01. The molecular weight excluding hydrogens is 230 g/mol. The molecule has 0 spiro atoms. The van der Waals surface area contributed by atoms with Crippen molar-refractivity contribution >= 4 is 5.91 Å². The summed E-state index contributed by atoms with van der Waals surface area (Å²) in [6.07, 6.45) is 4.88. The summed E-state index contributed by atoms with van der Waals surface area (Å²) in [5.74, 6) is 1.29. The molecule has 0 saturated carbocycles. The van der Waals surface area contributed by atoms with Crippen molar-refractivity contribution in [3.8, 4) is 0 Å². The van der Waals surface area contributed by atoms with E-state index in [0.717, 1.165) is 19.4 Å². The summed E-state index contributed by atoms with van der Waals surface area (Å²) in [6, 6.07) is -0.0863. The van der Waals surface area contributed by atoms with Crippen LogP contribution >= 0.6 is 0 Å². The van der Waals surface area contributed by atoms with Gasteiger partial charge in [-0.25, -0.2) is 15.0 Å². The van der Waals surface area contributed by atoms with Crippen LogP contribution in [0.4, 0.5) is 0 Å². The fourth-order valence-electron chi connectivity index (χ4n) is 2.28. The number of carbonyl (C=O) groups is 1. The Labute approximate surface area is 107 Å². The maximum atomic E-state index is 12.3. The molecular formula is C12H19N5O. The van der Waals surface area contributed by atoms with Gasteiger partial charge >= 0.3 is 0 Å². The number of hydrogen-bond acceptors (Lipinski definition) is 5. The van der Waals surface area contributed by atoms with Crippen LogP contribution in [-0.4, -0.2) is 45.4 Å². The zero-order valence-corrected chi connectivity index (χ0v) is 10.8. The smallest absolute Gasteiger partial charge is 0.240 e. The first-order valence-electron chi connectivity index (χ1n) is 6.27. The van der Waals surface area contributed by atoms with E-state index in [-0.39, 0.29) is 11.9 Å². The highest BCUT2D eigenvalue weighted by Crippen LogP contribution is 2.18. The van der Waals surface area contributed by atoms with Crippen molar-refractivity contribution in [1.82, 2.24) is 25.2 Å². The van der Waals surface area contributed by atoms with Crippen molar-refractivity contribution in [2.75, 3.05) is 13.6 Å². The van der Waals surface area contributed by atoms with E-state index in [1.807, 2.05) is 11.9 Å². The second-order valence-corrected chi connectivity index (χ2v) is 4.80. The molecule has 2 unspecified atom stereocenters. The number of likely N-dealkylation sites (tertiary alicyclic amines) is 1. The van der Waals surface area contributed by atoms with Crippen molar-refractivity contribution in [3.05, 3.63) is 18.5 Å². The van der Waals surface area contributed by atoms with E-state index in [4.69, 9.17) is 0 Å². The number of likely N-dealkylation sites (N-methyl/N-ethyl adjacent to an activating group) is 1. The minimum absolute atomic E-state index is 0.0863. The van der Waals surface area contributed by atoms with Gasteiger partial charge in [-0.15, -0.1) is 0 Å². The average molecular weight is 249 g/mol. The molecule has 0 aliphatic carbocycles. The van der Waals surface area contributed by atoms with Crippen LogP contribution in [0.1, 0.15) is 25.6 Å². The molecule has 1 aromatic heterocycles. The van der Waals surface area contributed by atoms with E-state index < -0.39 is 0 Å². The summed E-state index contributed by atoms with van der Waals surface area (Å²) in [5.41, 5.74) is 0. The highest BCUT2D eigenvalue weighted by Gasteiger charge is 2.28. The molecule has 18 heavy (non-hydrogen) atoms. The normalized spacial score (nSPS) is 25.0. The second-order valence-electron chi connectivity index (χ2n) is 4.80. The summed E-state index contributed by atoms with van der Waals surface area (Å²) in [4.78, 5) is 26.1. The minimum atomic E-state index is -0.0863. The Morgan fingerprint density at radius 3 is 2.78 bits per heavy atom. The molecule has 2 heterocycles. The van der Waals surface area contributed by atoms with E-state index in [1.54, 1.807) is 0 Å². The van der Waals surface area contributed by atoms with Gasteiger partial charge in [0.15, 0.2) is 5.82 Å². The largest absolute Gasteiger partial charge is 0.334 e. The standard InChI is InChI=1S/C12H19N5O/c1-9-3-4-10(13-2)12(18)17(5-9)6-11-15-7-14-8-16-11/h7-10,13H,3-6H2,1-2H3. The molecule has 98 valence electrons. The van der Waals surface area contributed by atoms with Gasteiger partial charge in [-0.2, -0.15) is 0 Å². The van der Waals surface area contributed by atoms with E-state index in [1.165, 1.54) is 12.7 Å². The molecule has 2 rings (SSSR count). The number of amides is 1. The lowest BCUT2D eigenvalue weighted by Crippen LogP contribution is -2.44. The van der Waals surface area contributed by atoms with Crippen LogP contribution < -0.4 is 5.32 Å². The third-order valence-corrected chi connectivity index (χ3v) is 3.32. The van der Waals surface area contributed by atoms with Crippen LogP contribution in [0.2, 0.25) is 0 Å². The molecule has 2 atom stereocenters. The summed E-state index contributed by atoms with van der Waals surface area (Å²) in [5, 5.41) is 3.09. The van der Waals surface area contributed by atoms with Crippen molar-refractivity contribution in [2.24, 2.45) is 5.92 Å². The first-order valence-corrected chi connectivity index (χ1v) is 6.27. The molecule has 0 aromatic carbocycles. The summed E-state index contributed by atoms with van der Waals surface area (Å²) < 4.78 is 0. The Kier molecular flexibility index (Phi) is 4.19. The van der Waals surface area contributed by atoms with E-state index >= 15 is 0 Å². The van der Waals surface area contributed by atoms with Crippen LogP contribution in [0.25, 0.3) is 0 Å². The molecule has 1 aliphatic heterocycles. The number of aromatic nitrogens is 3. The topological polar surface area (TPSA) is 71.0 Å². The van der Waals surface area contributed by atoms with Crippen LogP contribution in [0.15, 0.2) is 12.7 Å². The van der Waals surface area contributed by atoms with Gasteiger partial charge in [-0.1, -0.05) is 6.92 Å². The Bertz CT molecular complexity index is 397. The highest BCUT2D eigenvalue weighted by atomic mass is 16.2. The van der Waals surface area contributed by atoms with Gasteiger partial charge in [0.2, 0.25) is 5.91 Å². The molecule has 1 aliphatic rings. The zero-order valence-electron chi connectivity index (χ0n) is 10.8. The first kappa shape index (κ1) is 12.9.